The first-order chi connectivity index (χ1) is 15.6. The Morgan fingerprint density at radius 3 is 2.52 bits per heavy atom. The van der Waals surface area contributed by atoms with Gasteiger partial charge in [-0.3, -0.25) is 4.79 Å². The molecule has 33 heavy (non-hydrogen) atoms. The largest absolute Gasteiger partial charge is 0.497 e. The van der Waals surface area contributed by atoms with Crippen LogP contribution in [0.1, 0.15) is 79.6 Å². The number of rotatable bonds is 6. The summed E-state index contributed by atoms with van der Waals surface area (Å²) in [5.74, 6) is 2.76. The number of amides is 1. The molecule has 0 aliphatic carbocycles. The summed E-state index contributed by atoms with van der Waals surface area (Å²) in [7, 11) is 1.67. The Balaban J connectivity index is 1.62. The molecule has 3 aromatic rings. The highest BCUT2D eigenvalue weighted by Gasteiger charge is 2.30. The van der Waals surface area contributed by atoms with Crippen LogP contribution in [0.2, 0.25) is 0 Å². The van der Waals surface area contributed by atoms with Crippen molar-refractivity contribution in [2.75, 3.05) is 13.7 Å². The number of ether oxygens (including phenoxy) is 1. The van der Waals surface area contributed by atoms with Crippen molar-refractivity contribution in [2.24, 2.45) is 5.41 Å². The van der Waals surface area contributed by atoms with Crippen LogP contribution in [0.3, 0.4) is 0 Å². The lowest BCUT2D eigenvalue weighted by Gasteiger charge is -2.29. The van der Waals surface area contributed by atoms with E-state index in [0.29, 0.717) is 25.2 Å². The molecular formula is C26H34N4O3. The second kappa shape index (κ2) is 9.04. The molecule has 0 bridgehead atoms. The fourth-order valence-electron chi connectivity index (χ4n) is 4.20. The van der Waals surface area contributed by atoms with Crippen molar-refractivity contribution in [3.8, 4) is 5.75 Å². The lowest BCUT2D eigenvalue weighted by atomic mass is 9.92. The van der Waals surface area contributed by atoms with Gasteiger partial charge in [0.2, 0.25) is 0 Å². The number of hydrogen-bond donors (Lipinski definition) is 0. The molecule has 0 atom stereocenters. The molecular weight excluding hydrogens is 416 g/mol. The number of methoxy groups -OCH3 is 1. The second-order valence-electron chi connectivity index (χ2n) is 10.3. The maximum atomic E-state index is 13.2. The number of fused-ring (bicyclic) bond motifs is 1. The monoisotopic (exact) mass is 450 g/mol. The molecule has 1 amide bonds. The van der Waals surface area contributed by atoms with Crippen molar-refractivity contribution in [3.63, 3.8) is 0 Å². The highest BCUT2D eigenvalue weighted by Crippen LogP contribution is 2.28. The van der Waals surface area contributed by atoms with Gasteiger partial charge >= 0.3 is 0 Å². The Morgan fingerprint density at radius 1 is 1.18 bits per heavy atom. The van der Waals surface area contributed by atoms with E-state index >= 15 is 0 Å². The first kappa shape index (κ1) is 23.1. The Labute approximate surface area is 195 Å². The van der Waals surface area contributed by atoms with E-state index in [0.717, 1.165) is 41.7 Å². The molecule has 176 valence electrons. The van der Waals surface area contributed by atoms with Gasteiger partial charge in [-0.25, -0.2) is 4.98 Å². The number of carbonyl (C=O) groups is 1. The van der Waals surface area contributed by atoms with Crippen LogP contribution in [-0.2, 0) is 25.9 Å². The van der Waals surface area contributed by atoms with E-state index in [1.165, 1.54) is 5.56 Å². The molecule has 1 aromatic carbocycles. The van der Waals surface area contributed by atoms with Gasteiger partial charge in [-0.1, -0.05) is 51.9 Å². The number of hydrogen-bond acceptors (Lipinski definition) is 5. The predicted molar refractivity (Wildman–Crippen MR) is 127 cm³/mol. The molecule has 0 saturated heterocycles. The zero-order valence-corrected chi connectivity index (χ0v) is 20.5. The van der Waals surface area contributed by atoms with Crippen molar-refractivity contribution in [2.45, 2.75) is 66.5 Å². The van der Waals surface area contributed by atoms with Crippen LogP contribution in [0.15, 0.2) is 34.9 Å². The standard InChI is InChI=1S/C26H34N4O3/c1-17(2)23-14-21(28-33-23)25(31)29-11-12-30-22(16-29)20(27-24(30)15-26(3,4)5)13-18-7-9-19(32-6)10-8-18/h7-10,14,17H,11-13,15-16H2,1-6H3. The molecule has 7 nitrogen and oxygen atoms in total. The zero-order chi connectivity index (χ0) is 23.8. The van der Waals surface area contributed by atoms with Crippen LogP contribution in [0.5, 0.6) is 5.75 Å². The first-order valence-electron chi connectivity index (χ1n) is 11.6. The third-order valence-corrected chi connectivity index (χ3v) is 5.99. The maximum absolute atomic E-state index is 13.2. The molecule has 7 heteroatoms. The molecule has 0 radical (unpaired) electrons. The van der Waals surface area contributed by atoms with Gasteiger partial charge in [-0.15, -0.1) is 0 Å². The highest BCUT2D eigenvalue weighted by molar-refractivity contribution is 5.92. The average molecular weight is 451 g/mol. The van der Waals surface area contributed by atoms with Crippen LogP contribution in [-0.4, -0.2) is 39.2 Å². The summed E-state index contributed by atoms with van der Waals surface area (Å²) < 4.78 is 13.0. The minimum Gasteiger partial charge on any atom is -0.497 e. The van der Waals surface area contributed by atoms with Gasteiger partial charge in [0.1, 0.15) is 17.3 Å². The quantitative estimate of drug-likeness (QED) is 0.537. The summed E-state index contributed by atoms with van der Waals surface area (Å²) in [6.45, 7) is 12.6. The molecule has 4 rings (SSSR count). The molecule has 0 saturated carbocycles. The maximum Gasteiger partial charge on any atom is 0.276 e. The van der Waals surface area contributed by atoms with E-state index in [9.17, 15) is 4.79 Å². The van der Waals surface area contributed by atoms with E-state index in [-0.39, 0.29) is 17.2 Å². The Hall–Kier alpha value is -3.09. The third-order valence-electron chi connectivity index (χ3n) is 5.99. The van der Waals surface area contributed by atoms with Crippen LogP contribution in [0.25, 0.3) is 0 Å². The van der Waals surface area contributed by atoms with E-state index in [4.69, 9.17) is 14.2 Å². The lowest BCUT2D eigenvalue weighted by molar-refractivity contribution is 0.0698. The average Bonchev–Trinajstić information content (AvgIpc) is 3.38. The molecule has 3 heterocycles. The minimum atomic E-state index is -0.0918. The van der Waals surface area contributed by atoms with Crippen molar-refractivity contribution in [3.05, 3.63) is 64.6 Å². The molecule has 0 fully saturated rings. The van der Waals surface area contributed by atoms with Crippen LogP contribution in [0.4, 0.5) is 0 Å². The molecule has 0 N–H and O–H groups in total. The van der Waals surface area contributed by atoms with E-state index in [1.807, 2.05) is 30.9 Å². The smallest absolute Gasteiger partial charge is 0.276 e. The molecule has 1 aliphatic rings. The van der Waals surface area contributed by atoms with E-state index in [2.05, 4.69) is 42.6 Å². The number of nitrogens with zero attached hydrogens (tertiary/aromatic N) is 4. The van der Waals surface area contributed by atoms with Crippen molar-refractivity contribution >= 4 is 5.91 Å². The Bertz CT molecular complexity index is 1120. The summed E-state index contributed by atoms with van der Waals surface area (Å²) in [4.78, 5) is 20.1. The molecule has 1 aliphatic heterocycles. The Kier molecular flexibility index (Phi) is 6.32. The number of carbonyl (C=O) groups excluding carboxylic acids is 1. The number of aromatic nitrogens is 3. The fraction of sp³-hybridized carbons (Fsp3) is 0.500. The van der Waals surface area contributed by atoms with Crippen molar-refractivity contribution in [1.29, 1.82) is 0 Å². The van der Waals surface area contributed by atoms with Gasteiger partial charge in [0.05, 0.1) is 25.0 Å². The summed E-state index contributed by atoms with van der Waals surface area (Å²) in [6.07, 6.45) is 1.60. The normalized spacial score (nSPS) is 14.0. The van der Waals surface area contributed by atoms with Crippen molar-refractivity contribution in [1.82, 2.24) is 19.6 Å². The summed E-state index contributed by atoms with van der Waals surface area (Å²) in [5, 5.41) is 4.03. The molecule has 2 aromatic heterocycles. The topological polar surface area (TPSA) is 73.4 Å². The van der Waals surface area contributed by atoms with Gasteiger partial charge in [0.25, 0.3) is 5.91 Å². The molecule has 0 unspecified atom stereocenters. The lowest BCUT2D eigenvalue weighted by Crippen LogP contribution is -2.39. The minimum absolute atomic E-state index is 0.0918. The van der Waals surface area contributed by atoms with Gasteiger partial charge < -0.3 is 18.7 Å². The van der Waals surface area contributed by atoms with Crippen molar-refractivity contribution < 1.29 is 14.1 Å². The summed E-state index contributed by atoms with van der Waals surface area (Å²) in [6, 6.07) is 9.86. The predicted octanol–water partition coefficient (Wildman–Crippen LogP) is 4.84. The van der Waals surface area contributed by atoms with Gasteiger partial charge in [0, 0.05) is 37.9 Å². The Morgan fingerprint density at radius 2 is 1.91 bits per heavy atom. The summed E-state index contributed by atoms with van der Waals surface area (Å²) >= 11 is 0. The van der Waals surface area contributed by atoms with Gasteiger partial charge in [-0.2, -0.15) is 0 Å². The van der Waals surface area contributed by atoms with E-state index < -0.39 is 0 Å². The zero-order valence-electron chi connectivity index (χ0n) is 20.5. The summed E-state index contributed by atoms with van der Waals surface area (Å²) in [5.41, 5.74) is 3.80. The molecule has 0 spiro atoms. The number of imidazole rings is 1. The van der Waals surface area contributed by atoms with Gasteiger partial charge in [-0.05, 0) is 23.1 Å². The number of benzene rings is 1. The first-order valence-corrected chi connectivity index (χ1v) is 11.6. The van der Waals surface area contributed by atoms with Gasteiger partial charge in [0.15, 0.2) is 5.69 Å². The highest BCUT2D eigenvalue weighted by atomic mass is 16.5. The van der Waals surface area contributed by atoms with Crippen LogP contribution < -0.4 is 4.74 Å². The van der Waals surface area contributed by atoms with Crippen LogP contribution in [0, 0.1) is 5.41 Å². The SMILES string of the molecule is COc1ccc(Cc2nc(CC(C)(C)C)n3c2CN(C(=O)c2cc(C(C)C)on2)CC3)cc1. The fourth-order valence-corrected chi connectivity index (χ4v) is 4.20. The van der Waals surface area contributed by atoms with Crippen LogP contribution >= 0.6 is 0 Å². The van der Waals surface area contributed by atoms with E-state index in [1.54, 1.807) is 13.2 Å². The second-order valence-corrected chi connectivity index (χ2v) is 10.3. The third kappa shape index (κ3) is 5.13.